The van der Waals surface area contributed by atoms with Crippen molar-refractivity contribution in [1.82, 2.24) is 4.90 Å². The van der Waals surface area contributed by atoms with Crippen LogP contribution in [0.1, 0.15) is 28.8 Å². The first-order valence-corrected chi connectivity index (χ1v) is 6.30. The fourth-order valence-electron chi connectivity index (χ4n) is 2.22. The highest BCUT2D eigenvalue weighted by Gasteiger charge is 2.29. The van der Waals surface area contributed by atoms with E-state index in [4.69, 9.17) is 11.6 Å². The number of nitrogens with zero attached hydrogens (tertiary/aromatic N) is 1. The maximum absolute atomic E-state index is 13.6. The van der Waals surface area contributed by atoms with Crippen LogP contribution in [0, 0.1) is 12.7 Å². The lowest BCUT2D eigenvalue weighted by Crippen LogP contribution is -2.37. The summed E-state index contributed by atoms with van der Waals surface area (Å²) in [5.41, 5.74) is 1.04. The largest absolute Gasteiger partial charge is 0.334 e. The summed E-state index contributed by atoms with van der Waals surface area (Å²) < 4.78 is 13.6. The van der Waals surface area contributed by atoms with Gasteiger partial charge in [0, 0.05) is 18.5 Å². The molecule has 2 nitrogen and oxygen atoms in total. The number of carbonyl (C=O) groups excluding carboxylic acids is 1. The Labute approximate surface area is 105 Å². The standard InChI is InChI=1S/C13H15ClFNO/c1-9-4-5-12(15)11(7-9)13(17)16-6-2-3-10(16)8-14/h4-5,7,10H,2-3,6,8H2,1H3. The van der Waals surface area contributed by atoms with E-state index in [9.17, 15) is 9.18 Å². The number of carbonyl (C=O) groups is 1. The summed E-state index contributed by atoms with van der Waals surface area (Å²) in [4.78, 5) is 13.9. The van der Waals surface area contributed by atoms with Crippen molar-refractivity contribution in [3.05, 3.63) is 35.1 Å². The van der Waals surface area contributed by atoms with Gasteiger partial charge in [0.1, 0.15) is 5.82 Å². The Morgan fingerprint density at radius 1 is 1.59 bits per heavy atom. The monoisotopic (exact) mass is 255 g/mol. The Kier molecular flexibility index (Phi) is 3.67. The minimum absolute atomic E-state index is 0.0454. The van der Waals surface area contributed by atoms with Crippen LogP contribution >= 0.6 is 11.6 Å². The summed E-state index contributed by atoms with van der Waals surface area (Å²) in [5, 5.41) is 0. The van der Waals surface area contributed by atoms with Gasteiger partial charge in [-0.3, -0.25) is 4.79 Å². The van der Waals surface area contributed by atoms with Gasteiger partial charge in [0.15, 0.2) is 0 Å². The lowest BCUT2D eigenvalue weighted by molar-refractivity contribution is 0.0744. The summed E-state index contributed by atoms with van der Waals surface area (Å²) >= 11 is 5.82. The minimum atomic E-state index is -0.458. The molecule has 2 rings (SSSR count). The zero-order valence-electron chi connectivity index (χ0n) is 9.75. The van der Waals surface area contributed by atoms with Crippen molar-refractivity contribution >= 4 is 17.5 Å². The van der Waals surface area contributed by atoms with Gasteiger partial charge >= 0.3 is 0 Å². The van der Waals surface area contributed by atoms with Crippen LogP contribution in [0.15, 0.2) is 18.2 Å². The molecule has 0 radical (unpaired) electrons. The fraction of sp³-hybridized carbons (Fsp3) is 0.462. The molecule has 1 amide bonds. The van der Waals surface area contributed by atoms with Crippen molar-refractivity contribution in [3.8, 4) is 0 Å². The van der Waals surface area contributed by atoms with Crippen LogP contribution in [0.5, 0.6) is 0 Å². The molecule has 0 aromatic heterocycles. The van der Waals surface area contributed by atoms with Gasteiger partial charge in [0.05, 0.1) is 5.56 Å². The van der Waals surface area contributed by atoms with Crippen molar-refractivity contribution < 1.29 is 9.18 Å². The SMILES string of the molecule is Cc1ccc(F)c(C(=O)N2CCCC2CCl)c1. The van der Waals surface area contributed by atoms with E-state index in [1.54, 1.807) is 17.0 Å². The third-order valence-electron chi connectivity index (χ3n) is 3.17. The lowest BCUT2D eigenvalue weighted by Gasteiger charge is -2.23. The number of hydrogen-bond acceptors (Lipinski definition) is 1. The second-order valence-electron chi connectivity index (χ2n) is 4.43. The molecule has 0 saturated carbocycles. The highest BCUT2D eigenvalue weighted by atomic mass is 35.5. The van der Waals surface area contributed by atoms with Crippen molar-refractivity contribution in [2.45, 2.75) is 25.8 Å². The number of rotatable bonds is 2. The molecule has 1 aromatic carbocycles. The molecule has 17 heavy (non-hydrogen) atoms. The quantitative estimate of drug-likeness (QED) is 0.744. The highest BCUT2D eigenvalue weighted by molar-refractivity contribution is 6.18. The Morgan fingerprint density at radius 3 is 3.06 bits per heavy atom. The van der Waals surface area contributed by atoms with Crippen LogP contribution in [-0.2, 0) is 0 Å². The van der Waals surface area contributed by atoms with Crippen LogP contribution in [-0.4, -0.2) is 29.3 Å². The summed E-state index contributed by atoms with van der Waals surface area (Å²) in [6.07, 6.45) is 1.85. The first kappa shape index (κ1) is 12.4. The number of aryl methyl sites for hydroxylation is 1. The van der Waals surface area contributed by atoms with E-state index < -0.39 is 5.82 Å². The molecule has 1 aliphatic heterocycles. The average molecular weight is 256 g/mol. The zero-order chi connectivity index (χ0) is 12.4. The van der Waals surface area contributed by atoms with Gasteiger partial charge in [0.25, 0.3) is 5.91 Å². The Balaban J connectivity index is 2.27. The second-order valence-corrected chi connectivity index (χ2v) is 4.74. The van der Waals surface area contributed by atoms with E-state index >= 15 is 0 Å². The highest BCUT2D eigenvalue weighted by Crippen LogP contribution is 2.22. The Morgan fingerprint density at radius 2 is 2.35 bits per heavy atom. The van der Waals surface area contributed by atoms with Gasteiger partial charge in [0.2, 0.25) is 0 Å². The molecule has 0 aliphatic carbocycles. The van der Waals surface area contributed by atoms with Crippen molar-refractivity contribution in [2.75, 3.05) is 12.4 Å². The smallest absolute Gasteiger partial charge is 0.257 e. The second kappa shape index (κ2) is 5.05. The summed E-state index contributed by atoms with van der Waals surface area (Å²) in [7, 11) is 0. The third-order valence-corrected chi connectivity index (χ3v) is 3.52. The molecule has 1 saturated heterocycles. The molecular formula is C13H15ClFNO. The molecule has 1 heterocycles. The van der Waals surface area contributed by atoms with Crippen molar-refractivity contribution in [3.63, 3.8) is 0 Å². The predicted molar refractivity (Wildman–Crippen MR) is 65.9 cm³/mol. The normalized spacial score (nSPS) is 19.7. The fourth-order valence-corrected chi connectivity index (χ4v) is 2.54. The third kappa shape index (κ3) is 2.44. The topological polar surface area (TPSA) is 20.3 Å². The molecule has 0 bridgehead atoms. The molecule has 1 aliphatic rings. The number of halogens is 2. The number of hydrogen-bond donors (Lipinski definition) is 0. The lowest BCUT2D eigenvalue weighted by atomic mass is 10.1. The van der Waals surface area contributed by atoms with Crippen LogP contribution in [0.2, 0.25) is 0 Å². The molecular weight excluding hydrogens is 241 g/mol. The molecule has 4 heteroatoms. The van der Waals surface area contributed by atoms with Crippen LogP contribution < -0.4 is 0 Å². The molecule has 1 aromatic rings. The Bertz CT molecular complexity index is 435. The van der Waals surface area contributed by atoms with Gasteiger partial charge in [-0.05, 0) is 31.9 Å². The molecule has 0 spiro atoms. The molecule has 0 N–H and O–H groups in total. The van der Waals surface area contributed by atoms with Crippen LogP contribution in [0.25, 0.3) is 0 Å². The zero-order valence-corrected chi connectivity index (χ0v) is 10.5. The van der Waals surface area contributed by atoms with E-state index in [2.05, 4.69) is 0 Å². The number of benzene rings is 1. The Hall–Kier alpha value is -1.09. The summed E-state index contributed by atoms with van der Waals surface area (Å²) in [5.74, 6) is -0.283. The molecule has 1 unspecified atom stereocenters. The number of likely N-dealkylation sites (tertiary alicyclic amines) is 1. The van der Waals surface area contributed by atoms with E-state index in [-0.39, 0.29) is 17.5 Å². The first-order chi connectivity index (χ1) is 8.13. The van der Waals surface area contributed by atoms with Gasteiger partial charge in [-0.25, -0.2) is 4.39 Å². The minimum Gasteiger partial charge on any atom is -0.334 e. The summed E-state index contributed by atoms with van der Waals surface area (Å²) in [6, 6.07) is 4.65. The van der Waals surface area contributed by atoms with Gasteiger partial charge in [-0.2, -0.15) is 0 Å². The summed E-state index contributed by atoms with van der Waals surface area (Å²) in [6.45, 7) is 2.52. The van der Waals surface area contributed by atoms with E-state index in [1.807, 2.05) is 6.92 Å². The maximum Gasteiger partial charge on any atom is 0.257 e. The number of amides is 1. The predicted octanol–water partition coefficient (Wildman–Crippen LogP) is 2.98. The first-order valence-electron chi connectivity index (χ1n) is 5.76. The van der Waals surface area contributed by atoms with Gasteiger partial charge < -0.3 is 4.90 Å². The molecule has 1 atom stereocenters. The van der Waals surface area contributed by atoms with Crippen LogP contribution in [0.3, 0.4) is 0 Å². The number of alkyl halides is 1. The van der Waals surface area contributed by atoms with Gasteiger partial charge in [-0.15, -0.1) is 11.6 Å². The average Bonchev–Trinajstić information content (AvgIpc) is 2.79. The maximum atomic E-state index is 13.6. The van der Waals surface area contributed by atoms with Gasteiger partial charge in [-0.1, -0.05) is 11.6 Å². The van der Waals surface area contributed by atoms with E-state index in [0.29, 0.717) is 12.4 Å². The van der Waals surface area contributed by atoms with E-state index in [1.165, 1.54) is 6.07 Å². The molecule has 92 valence electrons. The molecule has 1 fully saturated rings. The van der Waals surface area contributed by atoms with Crippen molar-refractivity contribution in [1.29, 1.82) is 0 Å². The van der Waals surface area contributed by atoms with Crippen molar-refractivity contribution in [2.24, 2.45) is 0 Å². The van der Waals surface area contributed by atoms with E-state index in [0.717, 1.165) is 18.4 Å². The van der Waals surface area contributed by atoms with Crippen LogP contribution in [0.4, 0.5) is 4.39 Å².